The Hall–Kier alpha value is -2.96. The van der Waals surface area contributed by atoms with Crippen LogP contribution in [0.2, 0.25) is 0 Å². The number of carbonyl (C=O) groups is 2. The fraction of sp³-hybridized carbons (Fsp3) is 0.364. The fourth-order valence-electron chi connectivity index (χ4n) is 2.69. The van der Waals surface area contributed by atoms with E-state index in [1.807, 2.05) is 18.2 Å². The van der Waals surface area contributed by atoms with Crippen LogP contribution in [0.15, 0.2) is 42.5 Å². The molecular weight excluding hydrogens is 378 g/mol. The van der Waals surface area contributed by atoms with Crippen molar-refractivity contribution in [1.82, 2.24) is 10.6 Å². The molecule has 0 fully saturated rings. The molecule has 0 radical (unpaired) electrons. The third-order valence-electron chi connectivity index (χ3n) is 4.45. The largest absolute Gasteiger partial charge is 0.481 e. The van der Waals surface area contributed by atoms with E-state index < -0.39 is 35.6 Å². The Balaban J connectivity index is 2.16. The third-order valence-corrected chi connectivity index (χ3v) is 4.45. The Morgan fingerprint density at radius 2 is 1.69 bits per heavy atom. The fourth-order valence-corrected chi connectivity index (χ4v) is 2.69. The van der Waals surface area contributed by atoms with E-state index in [9.17, 15) is 18.4 Å². The van der Waals surface area contributed by atoms with Crippen molar-refractivity contribution >= 4 is 11.8 Å². The van der Waals surface area contributed by atoms with Crippen molar-refractivity contribution in [3.05, 3.63) is 65.2 Å². The maximum atomic E-state index is 13.6. The topological polar surface area (TPSA) is 67.4 Å². The van der Waals surface area contributed by atoms with E-state index >= 15 is 0 Å². The maximum absolute atomic E-state index is 13.6. The van der Waals surface area contributed by atoms with Gasteiger partial charge in [-0.05, 0) is 47.7 Å². The molecule has 156 valence electrons. The highest BCUT2D eigenvalue weighted by atomic mass is 19.2. The Morgan fingerprint density at radius 1 is 1.00 bits per heavy atom. The minimum atomic E-state index is -1.19. The van der Waals surface area contributed by atoms with Gasteiger partial charge in [0.15, 0.2) is 17.7 Å². The molecule has 0 aliphatic carbocycles. The van der Waals surface area contributed by atoms with Gasteiger partial charge in [-0.3, -0.25) is 9.59 Å². The Kier molecular flexibility index (Phi) is 6.95. The van der Waals surface area contributed by atoms with Crippen LogP contribution in [0.25, 0.3) is 0 Å². The van der Waals surface area contributed by atoms with E-state index in [1.165, 1.54) is 13.1 Å². The van der Waals surface area contributed by atoms with E-state index in [4.69, 9.17) is 4.74 Å². The van der Waals surface area contributed by atoms with Crippen molar-refractivity contribution < 1.29 is 23.1 Å². The number of ether oxygens (including phenoxy) is 1. The van der Waals surface area contributed by atoms with Crippen LogP contribution >= 0.6 is 0 Å². The molecule has 2 unspecified atom stereocenters. The van der Waals surface area contributed by atoms with E-state index in [0.717, 1.165) is 17.7 Å². The summed E-state index contributed by atoms with van der Waals surface area (Å²) in [5.74, 6) is -2.75. The summed E-state index contributed by atoms with van der Waals surface area (Å²) in [5.41, 5.74) is 1.09. The lowest BCUT2D eigenvalue weighted by molar-refractivity contribution is -0.132. The molecule has 0 saturated carbocycles. The minimum Gasteiger partial charge on any atom is -0.481 e. The standard InChI is InChI=1S/C22H26F2N2O3/c1-13(29-16-8-6-7-15(12-16)22(2,3)4)20(27)26-19(21(28)25-5)14-9-10-17(23)18(24)11-14/h6-13,19H,1-5H3,(H,25,28)(H,26,27). The number of halogens is 2. The summed E-state index contributed by atoms with van der Waals surface area (Å²) in [6.45, 7) is 7.75. The molecule has 2 rings (SSSR count). The number of amides is 2. The molecule has 2 N–H and O–H groups in total. The van der Waals surface area contributed by atoms with Crippen LogP contribution in [-0.2, 0) is 15.0 Å². The van der Waals surface area contributed by atoms with Crippen molar-refractivity contribution in [1.29, 1.82) is 0 Å². The first-order valence-electron chi connectivity index (χ1n) is 9.27. The molecular formula is C22H26F2N2O3. The first-order valence-corrected chi connectivity index (χ1v) is 9.27. The molecule has 0 bridgehead atoms. The number of benzene rings is 2. The van der Waals surface area contributed by atoms with Gasteiger partial charge in [0.05, 0.1) is 0 Å². The number of rotatable bonds is 6. The zero-order valence-corrected chi connectivity index (χ0v) is 17.2. The SMILES string of the molecule is CNC(=O)C(NC(=O)C(C)Oc1cccc(C(C)(C)C)c1)c1ccc(F)c(F)c1. The number of nitrogens with one attached hydrogen (secondary N) is 2. The molecule has 0 saturated heterocycles. The van der Waals surface area contributed by atoms with Crippen molar-refractivity contribution in [2.75, 3.05) is 7.05 Å². The average Bonchev–Trinajstić information content (AvgIpc) is 2.67. The second-order valence-electron chi connectivity index (χ2n) is 7.77. The Labute approximate surface area is 169 Å². The lowest BCUT2D eigenvalue weighted by Gasteiger charge is -2.23. The first kappa shape index (κ1) is 22.3. The van der Waals surface area contributed by atoms with Gasteiger partial charge in [-0.25, -0.2) is 8.78 Å². The maximum Gasteiger partial charge on any atom is 0.261 e. The Morgan fingerprint density at radius 3 is 2.28 bits per heavy atom. The summed E-state index contributed by atoms with van der Waals surface area (Å²) in [5, 5.41) is 4.94. The number of carbonyl (C=O) groups excluding carboxylic acids is 2. The van der Waals surface area contributed by atoms with Gasteiger partial charge >= 0.3 is 0 Å². The second kappa shape index (κ2) is 9.03. The lowest BCUT2D eigenvalue weighted by atomic mass is 9.87. The molecule has 29 heavy (non-hydrogen) atoms. The monoisotopic (exact) mass is 404 g/mol. The highest BCUT2D eigenvalue weighted by molar-refractivity contribution is 5.90. The molecule has 0 aromatic heterocycles. The summed E-state index contributed by atoms with van der Waals surface area (Å²) in [6.07, 6.45) is -0.914. The summed E-state index contributed by atoms with van der Waals surface area (Å²) in [7, 11) is 1.39. The van der Waals surface area contributed by atoms with Gasteiger partial charge < -0.3 is 15.4 Å². The predicted octanol–water partition coefficient (Wildman–Crippen LogP) is 3.63. The van der Waals surface area contributed by atoms with Crippen molar-refractivity contribution in [3.63, 3.8) is 0 Å². The van der Waals surface area contributed by atoms with Crippen LogP contribution in [0.4, 0.5) is 8.78 Å². The van der Waals surface area contributed by atoms with Crippen molar-refractivity contribution in [2.45, 2.75) is 45.3 Å². The number of hydrogen-bond acceptors (Lipinski definition) is 3. The molecule has 0 aliphatic rings. The quantitative estimate of drug-likeness (QED) is 0.773. The van der Waals surface area contributed by atoms with Crippen LogP contribution in [0, 0.1) is 11.6 Å². The third kappa shape index (κ3) is 5.76. The lowest BCUT2D eigenvalue weighted by Crippen LogP contribution is -2.44. The van der Waals surface area contributed by atoms with Crippen LogP contribution < -0.4 is 15.4 Å². The first-order chi connectivity index (χ1) is 13.5. The molecule has 2 amide bonds. The molecule has 7 heteroatoms. The van der Waals surface area contributed by atoms with Crippen LogP contribution in [0.3, 0.4) is 0 Å². The molecule has 2 aromatic rings. The number of hydrogen-bond donors (Lipinski definition) is 2. The average molecular weight is 404 g/mol. The molecule has 0 aliphatic heterocycles. The van der Waals surface area contributed by atoms with Gasteiger partial charge in [0.25, 0.3) is 5.91 Å². The van der Waals surface area contributed by atoms with E-state index in [1.54, 1.807) is 13.0 Å². The highest BCUT2D eigenvalue weighted by Crippen LogP contribution is 2.26. The summed E-state index contributed by atoms with van der Waals surface area (Å²) in [6, 6.07) is 9.27. The smallest absolute Gasteiger partial charge is 0.261 e. The van der Waals surface area contributed by atoms with Gasteiger partial charge in [0.1, 0.15) is 11.8 Å². The molecule has 0 spiro atoms. The molecule has 0 heterocycles. The second-order valence-corrected chi connectivity index (χ2v) is 7.77. The van der Waals surface area contributed by atoms with Gasteiger partial charge in [-0.2, -0.15) is 0 Å². The number of likely N-dealkylation sites (N-methyl/N-ethyl adjacent to an activating group) is 1. The Bertz CT molecular complexity index is 894. The van der Waals surface area contributed by atoms with Crippen LogP contribution in [0.5, 0.6) is 5.75 Å². The van der Waals surface area contributed by atoms with Gasteiger partial charge in [0, 0.05) is 7.05 Å². The highest BCUT2D eigenvalue weighted by Gasteiger charge is 2.26. The van der Waals surface area contributed by atoms with Crippen LogP contribution in [-0.4, -0.2) is 25.0 Å². The van der Waals surface area contributed by atoms with Gasteiger partial charge in [-0.1, -0.05) is 39.0 Å². The van der Waals surface area contributed by atoms with Crippen molar-refractivity contribution in [2.24, 2.45) is 0 Å². The molecule has 2 atom stereocenters. The van der Waals surface area contributed by atoms with Gasteiger partial charge in [0.2, 0.25) is 5.91 Å². The predicted molar refractivity (Wildman–Crippen MR) is 107 cm³/mol. The van der Waals surface area contributed by atoms with Gasteiger partial charge in [-0.15, -0.1) is 0 Å². The summed E-state index contributed by atoms with van der Waals surface area (Å²) >= 11 is 0. The van der Waals surface area contributed by atoms with Crippen molar-refractivity contribution in [3.8, 4) is 5.75 Å². The molecule has 5 nitrogen and oxygen atoms in total. The minimum absolute atomic E-state index is 0.0815. The van der Waals surface area contributed by atoms with Crippen LogP contribution in [0.1, 0.15) is 44.9 Å². The molecule has 2 aromatic carbocycles. The van der Waals surface area contributed by atoms with E-state index in [0.29, 0.717) is 5.75 Å². The normalized spacial score (nSPS) is 13.3. The zero-order chi connectivity index (χ0) is 21.8. The van der Waals surface area contributed by atoms with E-state index in [-0.39, 0.29) is 11.0 Å². The summed E-state index contributed by atoms with van der Waals surface area (Å²) in [4.78, 5) is 24.8. The summed E-state index contributed by atoms with van der Waals surface area (Å²) < 4.78 is 32.5. The van der Waals surface area contributed by atoms with E-state index in [2.05, 4.69) is 31.4 Å². The zero-order valence-electron chi connectivity index (χ0n) is 17.2.